The number of nitrogens with one attached hydrogen (secondary N) is 1. The lowest BCUT2D eigenvalue weighted by atomic mass is 10.1. The second-order valence-corrected chi connectivity index (χ2v) is 8.69. The van der Waals surface area contributed by atoms with Crippen molar-refractivity contribution in [3.63, 3.8) is 0 Å². The molecule has 1 aromatic heterocycles. The third-order valence-corrected chi connectivity index (χ3v) is 6.32. The van der Waals surface area contributed by atoms with Crippen LogP contribution in [-0.4, -0.2) is 63.4 Å². The van der Waals surface area contributed by atoms with Gasteiger partial charge in [-0.15, -0.1) is 23.1 Å². The number of thioether (sulfide) groups is 1. The third-order valence-electron chi connectivity index (χ3n) is 3.30. The Hall–Kier alpha value is -2.47. The molecule has 29 heavy (non-hydrogen) atoms. The maximum atomic E-state index is 12.0. The van der Waals surface area contributed by atoms with Crippen LogP contribution in [0.15, 0.2) is 10.5 Å². The molecule has 0 bridgehead atoms. The number of hydrogen-bond acceptors (Lipinski definition) is 13. The number of aromatic nitrogens is 1. The van der Waals surface area contributed by atoms with Crippen LogP contribution in [-0.2, 0) is 41.0 Å². The van der Waals surface area contributed by atoms with Gasteiger partial charge < -0.3 is 20.7 Å². The van der Waals surface area contributed by atoms with E-state index in [2.05, 4.69) is 20.3 Å². The molecule has 160 valence electrons. The summed E-state index contributed by atoms with van der Waals surface area (Å²) in [6.07, 6.45) is 0.564. The number of thiazole rings is 1. The van der Waals surface area contributed by atoms with Gasteiger partial charge in [0.1, 0.15) is 17.6 Å². The third kappa shape index (κ3) is 6.26. The highest BCUT2D eigenvalue weighted by Gasteiger charge is 2.54. The van der Waals surface area contributed by atoms with E-state index < -0.39 is 39.5 Å². The number of carbonyl (C=O) groups is 3. The van der Waals surface area contributed by atoms with Crippen molar-refractivity contribution in [2.75, 3.05) is 11.5 Å². The van der Waals surface area contributed by atoms with Gasteiger partial charge in [-0.1, -0.05) is 5.16 Å². The Morgan fingerprint density at radius 3 is 2.83 bits per heavy atom. The lowest BCUT2D eigenvalue weighted by Crippen LogP contribution is -2.70. The molecule has 1 aromatic rings. The van der Waals surface area contributed by atoms with E-state index in [1.54, 1.807) is 5.38 Å². The van der Waals surface area contributed by atoms with Crippen molar-refractivity contribution < 1.29 is 37.0 Å². The van der Waals surface area contributed by atoms with Gasteiger partial charge in [-0.2, -0.15) is 18.6 Å². The van der Waals surface area contributed by atoms with Gasteiger partial charge in [-0.05, 0) is 0 Å². The summed E-state index contributed by atoms with van der Waals surface area (Å²) in [4.78, 5) is 47.6. The van der Waals surface area contributed by atoms with Crippen molar-refractivity contribution in [1.82, 2.24) is 14.6 Å². The summed E-state index contributed by atoms with van der Waals surface area (Å²) in [5.41, 5.74) is 5.96. The first kappa shape index (κ1) is 22.8. The molecule has 0 aliphatic carbocycles. The number of anilines is 1. The number of nitrogens with two attached hydrogens (primary N) is 2. The normalized spacial score (nSPS) is 19.1. The van der Waals surface area contributed by atoms with Crippen LogP contribution >= 0.6 is 23.1 Å². The van der Waals surface area contributed by atoms with Gasteiger partial charge in [0.2, 0.25) is 0 Å². The Morgan fingerprint density at radius 1 is 1.52 bits per heavy atom. The van der Waals surface area contributed by atoms with Crippen LogP contribution < -0.4 is 16.9 Å². The molecule has 0 spiro atoms. The van der Waals surface area contributed by atoms with Crippen molar-refractivity contribution in [3.05, 3.63) is 11.1 Å². The molecule has 2 heterocycles. The summed E-state index contributed by atoms with van der Waals surface area (Å²) in [7, 11) is -4.84. The second kappa shape index (κ2) is 9.83. The van der Waals surface area contributed by atoms with Crippen molar-refractivity contribution >= 4 is 62.5 Å². The molecule has 0 aromatic carbocycles. The van der Waals surface area contributed by atoms with E-state index in [1.165, 1.54) is 11.3 Å². The molecule has 0 saturated carbocycles. The SMILES string of the molecule is NOC(=O)CCS[C@@H]1[C@H](NC(=O)C=NOCc2csc(N)n2)C(=O)N1S(=O)(=O)O. The Balaban J connectivity index is 1.89. The summed E-state index contributed by atoms with van der Waals surface area (Å²) in [5.74, 6) is 2.06. The summed E-state index contributed by atoms with van der Waals surface area (Å²) >= 11 is 2.03. The van der Waals surface area contributed by atoms with Gasteiger partial charge >= 0.3 is 16.3 Å². The minimum atomic E-state index is -4.84. The number of carbonyl (C=O) groups excluding carboxylic acids is 3. The number of β-lactam (4-membered cyclic amide) rings is 1. The van der Waals surface area contributed by atoms with Gasteiger partial charge in [0.25, 0.3) is 11.8 Å². The molecule has 2 amide bonds. The minimum absolute atomic E-state index is 0.0142. The van der Waals surface area contributed by atoms with Crippen molar-refractivity contribution in [3.8, 4) is 0 Å². The Bertz CT molecular complexity index is 903. The maximum absolute atomic E-state index is 12.0. The number of hydrogen-bond donors (Lipinski definition) is 4. The van der Waals surface area contributed by atoms with Crippen LogP contribution in [0, 0.1) is 0 Å². The zero-order valence-electron chi connectivity index (χ0n) is 14.5. The highest BCUT2D eigenvalue weighted by atomic mass is 32.2. The molecule has 1 saturated heterocycles. The van der Waals surface area contributed by atoms with Crippen molar-refractivity contribution in [1.29, 1.82) is 0 Å². The second-order valence-electron chi connectivity index (χ2n) is 5.28. The molecule has 2 rings (SSSR count). The topological polar surface area (TPSA) is 217 Å². The van der Waals surface area contributed by atoms with Gasteiger partial charge in [0.15, 0.2) is 11.7 Å². The molecule has 1 aliphatic rings. The predicted octanol–water partition coefficient (Wildman–Crippen LogP) is -1.78. The molecule has 0 radical (unpaired) electrons. The van der Waals surface area contributed by atoms with Crippen LogP contribution in [0.1, 0.15) is 12.1 Å². The minimum Gasteiger partial charge on any atom is -0.389 e. The average Bonchev–Trinajstić information content (AvgIpc) is 3.06. The quantitative estimate of drug-likeness (QED) is 0.130. The summed E-state index contributed by atoms with van der Waals surface area (Å²) in [6, 6.07) is -1.27. The van der Waals surface area contributed by atoms with E-state index in [4.69, 9.17) is 21.0 Å². The van der Waals surface area contributed by atoms with Gasteiger partial charge in [-0.3, -0.25) is 18.9 Å². The molecule has 1 fully saturated rings. The zero-order valence-corrected chi connectivity index (χ0v) is 16.9. The van der Waals surface area contributed by atoms with Crippen molar-refractivity contribution in [2.24, 2.45) is 11.1 Å². The van der Waals surface area contributed by atoms with Crippen LogP contribution in [0.5, 0.6) is 0 Å². The molecular formula is C12H16N6O8S3. The Morgan fingerprint density at radius 2 is 2.24 bits per heavy atom. The lowest BCUT2D eigenvalue weighted by Gasteiger charge is -2.43. The zero-order chi connectivity index (χ0) is 21.6. The van der Waals surface area contributed by atoms with E-state index in [-0.39, 0.29) is 23.1 Å². The highest BCUT2D eigenvalue weighted by Crippen LogP contribution is 2.32. The molecular weight excluding hydrogens is 452 g/mol. The standard InChI is InChI=1S/C12H16N6O8S3/c13-12-16-6(5-28-12)4-25-15-3-7(19)17-9-10(21)18(29(22,23)24)11(9)27-2-1-8(20)26-14/h3,5,9,11H,1-2,4,14H2,(H2,13,16)(H,17,19)(H,22,23,24)/t9-,11-/m1/s1. The molecule has 17 heteroatoms. The van der Waals surface area contributed by atoms with Crippen LogP contribution in [0.3, 0.4) is 0 Å². The van der Waals surface area contributed by atoms with Crippen LogP contribution in [0.2, 0.25) is 0 Å². The first-order chi connectivity index (χ1) is 13.6. The number of amides is 2. The average molecular weight is 468 g/mol. The number of nitrogens with zero attached hydrogens (tertiary/aromatic N) is 3. The van der Waals surface area contributed by atoms with E-state index >= 15 is 0 Å². The fourth-order valence-corrected chi connectivity index (χ4v) is 4.99. The highest BCUT2D eigenvalue weighted by molar-refractivity contribution is 8.00. The summed E-state index contributed by atoms with van der Waals surface area (Å²) in [5, 5.41) is 6.48. The lowest BCUT2D eigenvalue weighted by molar-refractivity contribution is -0.143. The fraction of sp³-hybridized carbons (Fsp3) is 0.417. The molecule has 6 N–H and O–H groups in total. The first-order valence-electron chi connectivity index (χ1n) is 7.61. The summed E-state index contributed by atoms with van der Waals surface area (Å²) in [6.45, 7) is -0.0356. The van der Waals surface area contributed by atoms with E-state index in [0.29, 0.717) is 10.8 Å². The fourth-order valence-electron chi connectivity index (χ4n) is 2.07. The van der Waals surface area contributed by atoms with Crippen molar-refractivity contribution in [2.45, 2.75) is 24.4 Å². The molecule has 1 aliphatic heterocycles. The molecule has 0 unspecified atom stereocenters. The van der Waals surface area contributed by atoms with Gasteiger partial charge in [0, 0.05) is 11.1 Å². The molecule has 14 nitrogen and oxygen atoms in total. The number of oxime groups is 1. The van der Waals surface area contributed by atoms with Crippen LogP contribution in [0.25, 0.3) is 0 Å². The summed E-state index contributed by atoms with van der Waals surface area (Å²) < 4.78 is 32.0. The monoisotopic (exact) mass is 468 g/mol. The maximum Gasteiger partial charge on any atom is 0.363 e. The molecule has 2 atom stereocenters. The number of rotatable bonds is 10. The van der Waals surface area contributed by atoms with Crippen LogP contribution in [0.4, 0.5) is 5.13 Å². The predicted molar refractivity (Wildman–Crippen MR) is 101 cm³/mol. The van der Waals surface area contributed by atoms with E-state index in [9.17, 15) is 22.8 Å². The van der Waals surface area contributed by atoms with Gasteiger partial charge in [0.05, 0.1) is 12.1 Å². The Kier molecular flexibility index (Phi) is 7.73. The van der Waals surface area contributed by atoms with Gasteiger partial charge in [-0.25, -0.2) is 4.98 Å². The smallest absolute Gasteiger partial charge is 0.363 e. The van der Waals surface area contributed by atoms with E-state index in [0.717, 1.165) is 18.0 Å². The number of nitrogen functional groups attached to an aromatic ring is 1. The first-order valence-corrected chi connectivity index (χ1v) is 10.9. The van der Waals surface area contributed by atoms with E-state index in [1.807, 2.05) is 0 Å². The largest absolute Gasteiger partial charge is 0.389 e. The Labute approximate surface area is 172 Å².